The molecule has 0 aliphatic rings. The zero-order valence-electron chi connectivity index (χ0n) is 28.6. The van der Waals surface area contributed by atoms with Gasteiger partial charge in [-0.2, -0.15) is 0 Å². The van der Waals surface area contributed by atoms with Crippen molar-refractivity contribution in [2.24, 2.45) is 0 Å². The second kappa shape index (κ2) is 12.5. The number of hydrogen-bond donors (Lipinski definition) is 0. The third-order valence-electron chi connectivity index (χ3n) is 9.93. The third kappa shape index (κ3) is 5.44. The standard InChI is InChI=1S/C35H62O3P2/c1-16-24-34(9,10)39(35(11,12)25-17-2,29-21-18-27(36-13)19-22-29)40(32(3,4)5,33(6,7)8)31-23-20-28(37-14)26-30(31)38-15/h18-23,26,39-40H,16-17,24-25H2,1-15H3. The Bertz CT molecular complexity index is 1070. The fraction of sp³-hybridized carbons (Fsp3) is 0.657. The summed E-state index contributed by atoms with van der Waals surface area (Å²) in [6.07, 6.45) is 4.72. The normalized spacial score (nSPS) is 14.6. The number of hydrogen-bond acceptors (Lipinski definition) is 3. The minimum atomic E-state index is -2.65. The molecule has 2 rings (SSSR count). The molecule has 0 heterocycles. The number of benzene rings is 2. The SMILES string of the molecule is CCCC(C)(C)[PH](c1ccc(OC)cc1)(C(C)(C)CCC)[PH](c1ccc(OC)cc1OC)(C(C)(C)C)C(C)(C)C. The van der Waals surface area contributed by atoms with Crippen LogP contribution in [0, 0.1) is 0 Å². The Balaban J connectivity index is 3.51. The molecule has 0 N–H and O–H groups in total. The zero-order chi connectivity index (χ0) is 30.8. The van der Waals surface area contributed by atoms with Gasteiger partial charge in [-0.15, -0.1) is 0 Å². The molecule has 2 aromatic carbocycles. The Kier molecular flexibility index (Phi) is 10.9. The fourth-order valence-electron chi connectivity index (χ4n) is 9.76. The average molecular weight is 593 g/mol. The minimum absolute atomic E-state index is 0.0231. The van der Waals surface area contributed by atoms with Gasteiger partial charge in [-0.05, 0) is 0 Å². The molecule has 0 atom stereocenters. The molecule has 2 aromatic rings. The molecule has 0 bridgehead atoms. The molecule has 0 aromatic heterocycles. The fourth-order valence-corrected chi connectivity index (χ4v) is 42.2. The van der Waals surface area contributed by atoms with E-state index >= 15 is 0 Å². The Morgan fingerprint density at radius 3 is 1.32 bits per heavy atom. The van der Waals surface area contributed by atoms with E-state index in [1.54, 1.807) is 19.5 Å². The summed E-state index contributed by atoms with van der Waals surface area (Å²) in [6, 6.07) is 16.1. The van der Waals surface area contributed by atoms with Crippen molar-refractivity contribution in [2.45, 2.75) is 129 Å². The van der Waals surface area contributed by atoms with E-state index in [0.717, 1.165) is 17.2 Å². The van der Waals surface area contributed by atoms with E-state index in [-0.39, 0.29) is 20.6 Å². The molecule has 40 heavy (non-hydrogen) atoms. The molecule has 0 fully saturated rings. The summed E-state index contributed by atoms with van der Waals surface area (Å²) < 4.78 is 17.8. The van der Waals surface area contributed by atoms with E-state index in [0.29, 0.717) is 0 Å². The van der Waals surface area contributed by atoms with Gasteiger partial charge in [0.05, 0.1) is 0 Å². The first-order valence-electron chi connectivity index (χ1n) is 15.3. The predicted octanol–water partition coefficient (Wildman–Crippen LogP) is 9.83. The van der Waals surface area contributed by atoms with Crippen LogP contribution in [0.1, 0.15) is 109 Å². The average Bonchev–Trinajstić information content (AvgIpc) is 2.85. The molecule has 3 nitrogen and oxygen atoms in total. The van der Waals surface area contributed by atoms with E-state index in [4.69, 9.17) is 14.2 Å². The van der Waals surface area contributed by atoms with Crippen molar-refractivity contribution in [1.29, 1.82) is 0 Å². The molecule has 0 aliphatic heterocycles. The molecule has 0 amide bonds. The second-order valence-electron chi connectivity index (χ2n) is 15.1. The van der Waals surface area contributed by atoms with Crippen molar-refractivity contribution in [3.8, 4) is 17.2 Å². The first kappa shape index (κ1) is 34.9. The first-order chi connectivity index (χ1) is 18.4. The number of rotatable bonds is 12. The summed E-state index contributed by atoms with van der Waals surface area (Å²) in [5.74, 6) is 2.76. The van der Waals surface area contributed by atoms with Crippen LogP contribution in [0.3, 0.4) is 0 Å². The maximum atomic E-state index is 6.35. The summed E-state index contributed by atoms with van der Waals surface area (Å²) in [7, 11) is 5.36. The third-order valence-corrected chi connectivity index (χ3v) is 36.1. The van der Waals surface area contributed by atoms with Gasteiger partial charge < -0.3 is 0 Å². The number of methoxy groups -OCH3 is 3. The summed E-state index contributed by atoms with van der Waals surface area (Å²) >= 11 is 0. The van der Waals surface area contributed by atoms with Crippen LogP contribution in [0.5, 0.6) is 17.2 Å². The molecule has 0 aliphatic carbocycles. The number of ether oxygens (including phenoxy) is 3. The van der Waals surface area contributed by atoms with E-state index < -0.39 is 13.9 Å². The van der Waals surface area contributed by atoms with Crippen LogP contribution in [-0.4, -0.2) is 42.0 Å². The summed E-state index contributed by atoms with van der Waals surface area (Å²) in [5, 5.41) is 3.27. The van der Waals surface area contributed by atoms with Crippen molar-refractivity contribution in [3.05, 3.63) is 42.5 Å². The Hall–Kier alpha value is -1.30. The van der Waals surface area contributed by atoms with Gasteiger partial charge >= 0.3 is 249 Å². The van der Waals surface area contributed by atoms with Crippen LogP contribution >= 0.6 is 13.9 Å². The van der Waals surface area contributed by atoms with Gasteiger partial charge in [-0.1, -0.05) is 0 Å². The molecule has 0 saturated heterocycles. The molecular formula is C35H62O3P2. The second-order valence-corrected chi connectivity index (χ2v) is 29.4. The Labute approximate surface area is 248 Å². The van der Waals surface area contributed by atoms with Crippen molar-refractivity contribution in [3.63, 3.8) is 0 Å². The molecular weight excluding hydrogens is 530 g/mol. The van der Waals surface area contributed by atoms with Crippen LogP contribution in [0.4, 0.5) is 0 Å². The van der Waals surface area contributed by atoms with Gasteiger partial charge in [0.15, 0.2) is 0 Å². The predicted molar refractivity (Wildman–Crippen MR) is 186 cm³/mol. The Morgan fingerprint density at radius 1 is 0.550 bits per heavy atom. The van der Waals surface area contributed by atoms with Gasteiger partial charge in [0.1, 0.15) is 0 Å². The van der Waals surface area contributed by atoms with Gasteiger partial charge in [0.2, 0.25) is 0 Å². The molecule has 0 unspecified atom stereocenters. The van der Waals surface area contributed by atoms with E-state index in [1.165, 1.54) is 31.0 Å². The van der Waals surface area contributed by atoms with Gasteiger partial charge in [0, 0.05) is 0 Å². The van der Waals surface area contributed by atoms with Gasteiger partial charge in [-0.3, -0.25) is 0 Å². The van der Waals surface area contributed by atoms with Crippen molar-refractivity contribution in [1.82, 2.24) is 0 Å². The van der Waals surface area contributed by atoms with Crippen LogP contribution < -0.4 is 24.8 Å². The van der Waals surface area contributed by atoms with Crippen molar-refractivity contribution in [2.75, 3.05) is 21.3 Å². The Morgan fingerprint density at radius 2 is 0.975 bits per heavy atom. The molecule has 0 spiro atoms. The van der Waals surface area contributed by atoms with E-state index in [9.17, 15) is 0 Å². The quantitative estimate of drug-likeness (QED) is 0.230. The summed E-state index contributed by atoms with van der Waals surface area (Å²) in [4.78, 5) is 0. The molecule has 230 valence electrons. The summed E-state index contributed by atoms with van der Waals surface area (Å²) in [6.45, 7) is 25.2. The first-order valence-corrected chi connectivity index (χ1v) is 20.3. The zero-order valence-corrected chi connectivity index (χ0v) is 30.6. The molecule has 0 saturated carbocycles. The molecule has 5 heteroatoms. The van der Waals surface area contributed by atoms with Gasteiger partial charge in [0.25, 0.3) is 0 Å². The van der Waals surface area contributed by atoms with Crippen LogP contribution in [0.2, 0.25) is 0 Å². The maximum absolute atomic E-state index is 6.35. The van der Waals surface area contributed by atoms with Crippen molar-refractivity contribution < 1.29 is 14.2 Å². The van der Waals surface area contributed by atoms with Crippen LogP contribution in [-0.2, 0) is 0 Å². The molecule has 0 radical (unpaired) electrons. The van der Waals surface area contributed by atoms with Crippen molar-refractivity contribution >= 4 is 24.5 Å². The topological polar surface area (TPSA) is 27.7 Å². The van der Waals surface area contributed by atoms with Gasteiger partial charge in [-0.25, -0.2) is 0 Å². The van der Waals surface area contributed by atoms with Crippen LogP contribution in [0.15, 0.2) is 42.5 Å². The van der Waals surface area contributed by atoms with Crippen LogP contribution in [0.25, 0.3) is 0 Å². The van der Waals surface area contributed by atoms with E-state index in [2.05, 4.69) is 126 Å². The van der Waals surface area contributed by atoms with E-state index in [1.807, 2.05) is 7.11 Å². The monoisotopic (exact) mass is 592 g/mol. The summed E-state index contributed by atoms with van der Waals surface area (Å²) in [5.41, 5.74) is 0.